The Morgan fingerprint density at radius 2 is 1.76 bits per heavy atom. The van der Waals surface area contributed by atoms with E-state index in [9.17, 15) is 14.0 Å². The molecule has 0 radical (unpaired) electrons. The number of benzene rings is 2. The Bertz CT molecular complexity index is 1780. The van der Waals surface area contributed by atoms with E-state index in [4.69, 9.17) is 4.74 Å². The van der Waals surface area contributed by atoms with Crippen LogP contribution in [-0.4, -0.2) is 23.9 Å². The van der Waals surface area contributed by atoms with Crippen molar-refractivity contribution in [3.8, 4) is 11.5 Å². The molecule has 0 spiro atoms. The number of rotatable bonds is 7. The first kappa shape index (κ1) is 25.7. The molecule has 38 heavy (non-hydrogen) atoms. The highest BCUT2D eigenvalue weighted by atomic mass is 79.9. The van der Waals surface area contributed by atoms with Crippen LogP contribution in [0.4, 0.5) is 8.78 Å². The highest BCUT2D eigenvalue weighted by molar-refractivity contribution is 9.10. The molecule has 0 amide bonds. The first-order chi connectivity index (χ1) is 18.3. The largest absolute Gasteiger partial charge is 0.369 e. The molecule has 194 valence electrons. The van der Waals surface area contributed by atoms with Gasteiger partial charge >= 0.3 is 5.69 Å². The molecular weight excluding hydrogens is 560 g/mol. The van der Waals surface area contributed by atoms with Crippen LogP contribution in [0.2, 0.25) is 0 Å². The summed E-state index contributed by atoms with van der Waals surface area (Å²) >= 11 is 3.36. The minimum absolute atomic E-state index is 0.0244. The van der Waals surface area contributed by atoms with Gasteiger partial charge in [0.25, 0.3) is 5.56 Å². The summed E-state index contributed by atoms with van der Waals surface area (Å²) in [6, 6.07) is 14.9. The van der Waals surface area contributed by atoms with Crippen LogP contribution in [0.5, 0.6) is 0 Å². The van der Waals surface area contributed by atoms with Gasteiger partial charge < -0.3 is 4.74 Å². The number of halogens is 3. The number of aromatic nitrogens is 5. The molecule has 0 aliphatic heterocycles. The van der Waals surface area contributed by atoms with E-state index in [-0.39, 0.29) is 35.6 Å². The monoisotopic (exact) mass is 581 g/mol. The van der Waals surface area contributed by atoms with E-state index >= 15 is 4.39 Å². The summed E-state index contributed by atoms with van der Waals surface area (Å²) < 4.78 is 39.2. The van der Waals surface area contributed by atoms with Crippen molar-refractivity contribution in [1.82, 2.24) is 23.9 Å². The van der Waals surface area contributed by atoms with Gasteiger partial charge in [0.15, 0.2) is 17.5 Å². The predicted octanol–water partition coefficient (Wildman–Crippen LogP) is 4.82. The second kappa shape index (κ2) is 10.4. The van der Waals surface area contributed by atoms with Gasteiger partial charge in [0.1, 0.15) is 12.4 Å². The second-order valence-electron chi connectivity index (χ2n) is 8.63. The number of fused-ring (bicyclic) bond motifs is 1. The summed E-state index contributed by atoms with van der Waals surface area (Å²) in [6.07, 6.45) is 1.37. The number of aryl methyl sites for hydroxylation is 1. The van der Waals surface area contributed by atoms with Gasteiger partial charge in [-0.05, 0) is 59.1 Å². The van der Waals surface area contributed by atoms with Gasteiger partial charge in [-0.2, -0.15) is 4.68 Å². The SMILES string of the molecule is CCn1c(COCc2ccccc2)nn(-c2nc3c(Br)cn(-c4cc(C)ccc4F)c(=O)c3cc2F)c1=O. The number of pyridine rings is 2. The molecule has 3 heterocycles. The molecule has 0 aliphatic rings. The third-order valence-electron chi connectivity index (χ3n) is 6.04. The fourth-order valence-corrected chi connectivity index (χ4v) is 4.66. The lowest BCUT2D eigenvalue weighted by atomic mass is 10.2. The fraction of sp³-hybridized carbons (Fsp3) is 0.185. The van der Waals surface area contributed by atoms with E-state index in [2.05, 4.69) is 26.0 Å². The summed E-state index contributed by atoms with van der Waals surface area (Å²) in [5.74, 6) is -1.59. The lowest BCUT2D eigenvalue weighted by Gasteiger charge is -2.12. The van der Waals surface area contributed by atoms with Crippen LogP contribution in [0.15, 0.2) is 74.9 Å². The normalized spacial score (nSPS) is 11.4. The summed E-state index contributed by atoms with van der Waals surface area (Å²) in [6.45, 7) is 4.16. The molecule has 3 aromatic heterocycles. The number of hydrogen-bond donors (Lipinski definition) is 0. The molecule has 5 aromatic rings. The van der Waals surface area contributed by atoms with Gasteiger partial charge in [-0.3, -0.25) is 13.9 Å². The predicted molar refractivity (Wildman–Crippen MR) is 142 cm³/mol. The number of hydrogen-bond acceptors (Lipinski definition) is 5. The summed E-state index contributed by atoms with van der Waals surface area (Å²) in [5, 5.41) is 4.19. The van der Waals surface area contributed by atoms with Crippen LogP contribution < -0.4 is 11.2 Å². The Morgan fingerprint density at radius 1 is 1.00 bits per heavy atom. The quantitative estimate of drug-likeness (QED) is 0.275. The lowest BCUT2D eigenvalue weighted by Crippen LogP contribution is -2.26. The van der Waals surface area contributed by atoms with Crippen LogP contribution in [0.25, 0.3) is 22.4 Å². The maximum Gasteiger partial charge on any atom is 0.352 e. The second-order valence-corrected chi connectivity index (χ2v) is 9.48. The minimum Gasteiger partial charge on any atom is -0.369 e. The molecule has 0 atom stereocenters. The number of ether oxygens (including phenoxy) is 1. The Hall–Kier alpha value is -3.96. The topological polar surface area (TPSA) is 83.9 Å². The van der Waals surface area contributed by atoms with Crippen molar-refractivity contribution in [2.45, 2.75) is 33.6 Å². The van der Waals surface area contributed by atoms with Crippen molar-refractivity contribution >= 4 is 26.8 Å². The Morgan fingerprint density at radius 3 is 2.50 bits per heavy atom. The van der Waals surface area contributed by atoms with Gasteiger partial charge in [0.2, 0.25) is 0 Å². The van der Waals surface area contributed by atoms with Crippen molar-refractivity contribution in [2.24, 2.45) is 0 Å². The smallest absolute Gasteiger partial charge is 0.352 e. The van der Waals surface area contributed by atoms with Gasteiger partial charge in [-0.15, -0.1) is 5.10 Å². The van der Waals surface area contributed by atoms with E-state index in [1.807, 2.05) is 30.3 Å². The molecule has 0 bridgehead atoms. The Balaban J connectivity index is 1.56. The zero-order chi connectivity index (χ0) is 27.0. The minimum atomic E-state index is -0.927. The van der Waals surface area contributed by atoms with Crippen molar-refractivity contribution in [3.63, 3.8) is 0 Å². The zero-order valence-electron chi connectivity index (χ0n) is 20.5. The molecule has 0 fully saturated rings. The van der Waals surface area contributed by atoms with Crippen LogP contribution in [0.3, 0.4) is 0 Å². The van der Waals surface area contributed by atoms with E-state index in [0.717, 1.165) is 26.4 Å². The van der Waals surface area contributed by atoms with Crippen molar-refractivity contribution in [2.75, 3.05) is 0 Å². The van der Waals surface area contributed by atoms with Gasteiger partial charge in [0.05, 0.1) is 27.7 Å². The maximum absolute atomic E-state index is 15.4. The van der Waals surface area contributed by atoms with Crippen molar-refractivity contribution < 1.29 is 13.5 Å². The van der Waals surface area contributed by atoms with Crippen LogP contribution in [-0.2, 0) is 24.5 Å². The van der Waals surface area contributed by atoms with Crippen molar-refractivity contribution in [3.05, 3.63) is 115 Å². The summed E-state index contributed by atoms with van der Waals surface area (Å²) in [5.41, 5.74) is 0.588. The van der Waals surface area contributed by atoms with E-state index in [1.165, 1.54) is 22.9 Å². The highest BCUT2D eigenvalue weighted by Crippen LogP contribution is 2.25. The standard InChI is InChI=1S/C27H22BrF2N5O3/c1-3-33-23(15-38-14-17-7-5-4-6-8-17)32-35(27(33)37)25-21(30)12-18-24(31-25)19(28)13-34(26(18)36)22-11-16(2)9-10-20(22)29/h4-13H,3,14-15H2,1-2H3. The third kappa shape index (κ3) is 4.70. The lowest BCUT2D eigenvalue weighted by molar-refractivity contribution is 0.0989. The molecule has 2 aromatic carbocycles. The first-order valence-corrected chi connectivity index (χ1v) is 12.6. The number of nitrogens with zero attached hydrogens (tertiary/aromatic N) is 5. The van der Waals surface area contributed by atoms with Crippen LogP contribution in [0, 0.1) is 18.6 Å². The van der Waals surface area contributed by atoms with Gasteiger partial charge in [-0.1, -0.05) is 36.4 Å². The molecule has 5 rings (SSSR count). The Labute approximate surface area is 223 Å². The van der Waals surface area contributed by atoms with Gasteiger partial charge in [0, 0.05) is 12.7 Å². The third-order valence-corrected chi connectivity index (χ3v) is 6.62. The average Bonchev–Trinajstić information content (AvgIpc) is 3.22. The molecule has 0 aliphatic carbocycles. The van der Waals surface area contributed by atoms with Crippen molar-refractivity contribution in [1.29, 1.82) is 0 Å². The maximum atomic E-state index is 15.4. The molecule has 0 saturated carbocycles. The van der Waals surface area contributed by atoms with Crippen LogP contribution >= 0.6 is 15.9 Å². The fourth-order valence-electron chi connectivity index (χ4n) is 4.16. The summed E-state index contributed by atoms with van der Waals surface area (Å²) in [4.78, 5) is 30.6. The van der Waals surface area contributed by atoms with E-state index < -0.39 is 22.9 Å². The molecule has 0 saturated heterocycles. The van der Waals surface area contributed by atoms with Gasteiger partial charge in [-0.25, -0.2) is 18.6 Å². The Kier molecular flexibility index (Phi) is 7.04. The summed E-state index contributed by atoms with van der Waals surface area (Å²) in [7, 11) is 0. The molecule has 0 unspecified atom stereocenters. The first-order valence-electron chi connectivity index (χ1n) is 11.8. The molecule has 8 nitrogen and oxygen atoms in total. The molecular formula is C27H22BrF2N5O3. The van der Waals surface area contributed by atoms with E-state index in [0.29, 0.717) is 16.9 Å². The van der Waals surface area contributed by atoms with Crippen LogP contribution in [0.1, 0.15) is 23.9 Å². The molecule has 11 heteroatoms. The van der Waals surface area contributed by atoms with E-state index in [1.54, 1.807) is 19.9 Å². The molecule has 0 N–H and O–H groups in total. The average molecular weight is 582 g/mol. The highest BCUT2D eigenvalue weighted by Gasteiger charge is 2.21. The zero-order valence-corrected chi connectivity index (χ0v) is 22.1.